The van der Waals surface area contributed by atoms with Crippen molar-refractivity contribution in [2.45, 2.75) is 51.0 Å². The van der Waals surface area contributed by atoms with Crippen LogP contribution in [-0.4, -0.2) is 27.0 Å². The molecule has 0 bridgehead atoms. The summed E-state index contributed by atoms with van der Waals surface area (Å²) in [7, 11) is -3.59. The maximum atomic E-state index is 12.2. The molecule has 0 spiro atoms. The Labute approximate surface area is 137 Å². The molecule has 0 fully saturated rings. The number of fused-ring (bicyclic) bond motifs is 1. The van der Waals surface area contributed by atoms with Crippen LogP contribution < -0.4 is 14.8 Å². The van der Waals surface area contributed by atoms with E-state index in [1.54, 1.807) is 6.07 Å². The minimum absolute atomic E-state index is 0.118. The number of unbranched alkanes of at least 4 members (excludes halogenated alkanes) is 1. The third-order valence-corrected chi connectivity index (χ3v) is 5.00. The molecule has 2 N–H and O–H groups in total. The molecule has 1 aromatic carbocycles. The van der Waals surface area contributed by atoms with Gasteiger partial charge in [0.15, 0.2) is 6.10 Å². The molecule has 1 atom stereocenters. The molecule has 0 saturated heterocycles. The summed E-state index contributed by atoms with van der Waals surface area (Å²) in [4.78, 5) is 12.2. The number of sulfonamides is 1. The van der Waals surface area contributed by atoms with Crippen molar-refractivity contribution in [3.63, 3.8) is 0 Å². The maximum absolute atomic E-state index is 12.2. The summed E-state index contributed by atoms with van der Waals surface area (Å²) >= 11 is 0. The van der Waals surface area contributed by atoms with Crippen LogP contribution in [0.5, 0.6) is 5.75 Å². The lowest BCUT2D eigenvalue weighted by molar-refractivity contribution is -0.123. The van der Waals surface area contributed by atoms with Gasteiger partial charge in [-0.1, -0.05) is 27.2 Å². The first-order valence-corrected chi connectivity index (χ1v) is 9.43. The van der Waals surface area contributed by atoms with Crippen LogP contribution in [-0.2, 0) is 14.8 Å². The second-order valence-corrected chi connectivity index (χ2v) is 7.91. The van der Waals surface area contributed by atoms with E-state index in [1.807, 2.05) is 13.8 Å². The zero-order chi connectivity index (χ0) is 17.0. The first-order chi connectivity index (χ1) is 10.8. The van der Waals surface area contributed by atoms with E-state index in [2.05, 4.69) is 17.0 Å². The SMILES string of the molecule is CCCC[C@@H]1Oc2ccc(S(=O)(=O)NCC(C)C)cc2NC1=O. The molecule has 1 aliphatic rings. The molecular formula is C16H24N2O4S. The van der Waals surface area contributed by atoms with E-state index in [0.29, 0.717) is 24.4 Å². The Hall–Kier alpha value is -1.60. The minimum atomic E-state index is -3.59. The first kappa shape index (κ1) is 17.7. The number of nitrogens with one attached hydrogen (secondary N) is 2. The second-order valence-electron chi connectivity index (χ2n) is 6.14. The lowest BCUT2D eigenvalue weighted by Gasteiger charge is -2.26. The number of benzene rings is 1. The smallest absolute Gasteiger partial charge is 0.265 e. The highest BCUT2D eigenvalue weighted by Gasteiger charge is 2.28. The average Bonchev–Trinajstić information content (AvgIpc) is 2.50. The zero-order valence-electron chi connectivity index (χ0n) is 13.8. The summed E-state index contributed by atoms with van der Waals surface area (Å²) in [5.74, 6) is 0.494. The van der Waals surface area contributed by atoms with Crippen molar-refractivity contribution in [2.75, 3.05) is 11.9 Å². The van der Waals surface area contributed by atoms with E-state index in [4.69, 9.17) is 4.74 Å². The minimum Gasteiger partial charge on any atom is -0.478 e. The van der Waals surface area contributed by atoms with E-state index in [1.165, 1.54) is 12.1 Å². The first-order valence-electron chi connectivity index (χ1n) is 7.94. The quantitative estimate of drug-likeness (QED) is 0.799. The highest BCUT2D eigenvalue weighted by molar-refractivity contribution is 7.89. The molecule has 23 heavy (non-hydrogen) atoms. The molecule has 0 saturated carbocycles. The van der Waals surface area contributed by atoms with Gasteiger partial charge in [-0.25, -0.2) is 13.1 Å². The summed E-state index contributed by atoms with van der Waals surface area (Å²) in [6.45, 7) is 6.27. The van der Waals surface area contributed by atoms with Crippen LogP contribution in [0.4, 0.5) is 5.69 Å². The summed E-state index contributed by atoms with van der Waals surface area (Å²) in [5.41, 5.74) is 0.398. The Morgan fingerprint density at radius 2 is 2.09 bits per heavy atom. The molecule has 1 amide bonds. The zero-order valence-corrected chi connectivity index (χ0v) is 14.6. The summed E-state index contributed by atoms with van der Waals surface area (Å²) in [6.07, 6.45) is 2.03. The summed E-state index contributed by atoms with van der Waals surface area (Å²) < 4.78 is 32.7. The number of rotatable bonds is 7. The largest absolute Gasteiger partial charge is 0.478 e. The number of hydrogen-bond acceptors (Lipinski definition) is 4. The van der Waals surface area contributed by atoms with Gasteiger partial charge in [0.2, 0.25) is 10.0 Å². The van der Waals surface area contributed by atoms with Gasteiger partial charge in [-0.05, 0) is 37.0 Å². The summed E-state index contributed by atoms with van der Waals surface area (Å²) in [6, 6.07) is 4.53. The predicted octanol–water partition coefficient (Wildman–Crippen LogP) is 2.51. The van der Waals surface area contributed by atoms with Crippen LogP contribution in [0.3, 0.4) is 0 Å². The van der Waals surface area contributed by atoms with E-state index in [9.17, 15) is 13.2 Å². The van der Waals surface area contributed by atoms with E-state index < -0.39 is 16.1 Å². The van der Waals surface area contributed by atoms with Crippen molar-refractivity contribution in [3.8, 4) is 5.75 Å². The molecular weight excluding hydrogens is 316 g/mol. The van der Waals surface area contributed by atoms with Gasteiger partial charge in [0.1, 0.15) is 5.75 Å². The molecule has 2 rings (SSSR count). The third-order valence-electron chi connectivity index (χ3n) is 3.58. The van der Waals surface area contributed by atoms with Crippen molar-refractivity contribution in [2.24, 2.45) is 5.92 Å². The molecule has 6 nitrogen and oxygen atoms in total. The number of carbonyl (C=O) groups is 1. The fraction of sp³-hybridized carbons (Fsp3) is 0.562. The highest BCUT2D eigenvalue weighted by Crippen LogP contribution is 2.32. The van der Waals surface area contributed by atoms with Gasteiger partial charge in [0.25, 0.3) is 5.91 Å². The van der Waals surface area contributed by atoms with Crippen molar-refractivity contribution < 1.29 is 17.9 Å². The van der Waals surface area contributed by atoms with E-state index in [0.717, 1.165) is 12.8 Å². The Morgan fingerprint density at radius 1 is 1.35 bits per heavy atom. The van der Waals surface area contributed by atoms with Gasteiger partial charge in [-0.15, -0.1) is 0 Å². The lowest BCUT2D eigenvalue weighted by Crippen LogP contribution is -2.37. The normalized spacial score (nSPS) is 17.6. The van der Waals surface area contributed by atoms with Crippen LogP contribution >= 0.6 is 0 Å². The summed E-state index contributed by atoms with van der Waals surface area (Å²) in [5, 5.41) is 2.74. The standard InChI is InChI=1S/C16H24N2O4S/c1-4-5-6-15-16(19)18-13-9-12(7-8-14(13)22-15)23(20,21)17-10-11(2)3/h7-9,11,15,17H,4-6,10H2,1-3H3,(H,18,19)/t15-/m0/s1. The predicted molar refractivity (Wildman–Crippen MR) is 89.0 cm³/mol. The number of amides is 1. The Balaban J connectivity index is 2.18. The monoisotopic (exact) mass is 340 g/mol. The van der Waals surface area contributed by atoms with Crippen LogP contribution in [0.15, 0.2) is 23.1 Å². The fourth-order valence-corrected chi connectivity index (χ4v) is 3.48. The molecule has 0 unspecified atom stereocenters. The van der Waals surface area contributed by atoms with Crippen molar-refractivity contribution in [1.82, 2.24) is 4.72 Å². The van der Waals surface area contributed by atoms with Gasteiger partial charge in [-0.2, -0.15) is 0 Å². The average molecular weight is 340 g/mol. The highest BCUT2D eigenvalue weighted by atomic mass is 32.2. The molecule has 0 aliphatic carbocycles. The van der Waals surface area contributed by atoms with Crippen LogP contribution in [0.1, 0.15) is 40.0 Å². The van der Waals surface area contributed by atoms with E-state index >= 15 is 0 Å². The maximum Gasteiger partial charge on any atom is 0.265 e. The number of hydrogen-bond donors (Lipinski definition) is 2. The fourth-order valence-electron chi connectivity index (χ4n) is 2.24. The van der Waals surface area contributed by atoms with Crippen molar-refractivity contribution in [3.05, 3.63) is 18.2 Å². The van der Waals surface area contributed by atoms with Gasteiger partial charge >= 0.3 is 0 Å². The van der Waals surface area contributed by atoms with Gasteiger partial charge in [0.05, 0.1) is 10.6 Å². The number of ether oxygens (including phenoxy) is 1. The molecule has 7 heteroatoms. The Bertz CT molecular complexity index is 671. The lowest BCUT2D eigenvalue weighted by atomic mass is 10.1. The van der Waals surface area contributed by atoms with Gasteiger partial charge in [0, 0.05) is 6.54 Å². The molecule has 0 aromatic heterocycles. The van der Waals surface area contributed by atoms with Gasteiger partial charge in [-0.3, -0.25) is 4.79 Å². The van der Waals surface area contributed by atoms with Crippen molar-refractivity contribution >= 4 is 21.6 Å². The van der Waals surface area contributed by atoms with Crippen molar-refractivity contribution in [1.29, 1.82) is 0 Å². The molecule has 1 heterocycles. The molecule has 1 aliphatic heterocycles. The molecule has 1 aromatic rings. The number of anilines is 1. The van der Waals surface area contributed by atoms with Crippen LogP contribution in [0.25, 0.3) is 0 Å². The van der Waals surface area contributed by atoms with Gasteiger partial charge < -0.3 is 10.1 Å². The molecule has 128 valence electrons. The second kappa shape index (κ2) is 7.31. The Morgan fingerprint density at radius 3 is 2.74 bits per heavy atom. The third kappa shape index (κ3) is 4.45. The number of carbonyl (C=O) groups excluding carboxylic acids is 1. The molecule has 0 radical (unpaired) electrons. The van der Waals surface area contributed by atoms with E-state index in [-0.39, 0.29) is 16.7 Å². The Kier molecular flexibility index (Phi) is 5.64. The van der Waals surface area contributed by atoms with Crippen LogP contribution in [0.2, 0.25) is 0 Å². The van der Waals surface area contributed by atoms with Crippen LogP contribution in [0, 0.1) is 5.92 Å². The topological polar surface area (TPSA) is 84.5 Å².